The minimum absolute atomic E-state index is 0.154. The Morgan fingerprint density at radius 3 is 2.67 bits per heavy atom. The molecule has 0 unspecified atom stereocenters. The normalized spacial score (nSPS) is 17.9. The number of benzene rings is 2. The third-order valence-electron chi connectivity index (χ3n) is 3.58. The summed E-state index contributed by atoms with van der Waals surface area (Å²) in [6.07, 6.45) is 1.81. The fourth-order valence-electron chi connectivity index (χ4n) is 2.43. The summed E-state index contributed by atoms with van der Waals surface area (Å²) in [6, 6.07) is 12.6. The number of amides is 1. The molecule has 4 rings (SSSR count). The molecule has 1 fully saturated rings. The highest BCUT2D eigenvalue weighted by molar-refractivity contribution is 8.27. The van der Waals surface area contributed by atoms with Crippen LogP contribution in [0.25, 0.3) is 6.08 Å². The maximum absolute atomic E-state index is 12.7. The first kappa shape index (κ1) is 15.5. The van der Waals surface area contributed by atoms with Gasteiger partial charge in [0, 0.05) is 11.1 Å². The van der Waals surface area contributed by atoms with E-state index in [0.717, 1.165) is 5.56 Å². The Bertz CT molecular complexity index is 880. The van der Waals surface area contributed by atoms with Crippen LogP contribution in [-0.4, -0.2) is 17.0 Å². The number of rotatable bonds is 2. The van der Waals surface area contributed by atoms with Crippen LogP contribution in [0.1, 0.15) is 5.56 Å². The summed E-state index contributed by atoms with van der Waals surface area (Å²) in [5.41, 5.74) is 1.56. The van der Waals surface area contributed by atoms with E-state index in [9.17, 15) is 4.79 Å². The zero-order valence-electron chi connectivity index (χ0n) is 12.2. The molecule has 0 aromatic heterocycles. The van der Waals surface area contributed by atoms with E-state index in [1.54, 1.807) is 30.3 Å². The lowest BCUT2D eigenvalue weighted by atomic mass is 10.2. The Kier molecular flexibility index (Phi) is 3.96. The Balaban J connectivity index is 1.65. The van der Waals surface area contributed by atoms with Gasteiger partial charge in [-0.1, -0.05) is 47.7 Å². The number of hydrogen-bond donors (Lipinski definition) is 0. The van der Waals surface area contributed by atoms with E-state index in [-0.39, 0.29) is 12.7 Å². The van der Waals surface area contributed by atoms with Gasteiger partial charge in [-0.25, -0.2) is 0 Å². The van der Waals surface area contributed by atoms with Gasteiger partial charge in [0.2, 0.25) is 6.79 Å². The van der Waals surface area contributed by atoms with Crippen LogP contribution >= 0.6 is 35.6 Å². The third-order valence-corrected chi connectivity index (χ3v) is 5.13. The third kappa shape index (κ3) is 2.77. The van der Waals surface area contributed by atoms with Gasteiger partial charge in [-0.05, 0) is 35.9 Å². The maximum atomic E-state index is 12.7. The molecule has 0 aliphatic carbocycles. The molecule has 0 spiro atoms. The summed E-state index contributed by atoms with van der Waals surface area (Å²) in [6.45, 7) is 0.188. The SMILES string of the molecule is O=C1C(=Cc2ccc(Cl)cc2)SC(=S)N1c1ccc2c(c1)OCO2. The number of fused-ring (bicyclic) bond motifs is 1. The molecule has 24 heavy (non-hydrogen) atoms. The molecule has 2 heterocycles. The van der Waals surface area contributed by atoms with E-state index < -0.39 is 0 Å². The van der Waals surface area contributed by atoms with Gasteiger partial charge in [0.15, 0.2) is 15.8 Å². The summed E-state index contributed by atoms with van der Waals surface area (Å²) in [7, 11) is 0. The molecule has 0 bridgehead atoms. The van der Waals surface area contributed by atoms with Crippen LogP contribution in [0, 0.1) is 0 Å². The molecule has 0 radical (unpaired) electrons. The average molecular weight is 376 g/mol. The highest BCUT2D eigenvalue weighted by atomic mass is 35.5. The van der Waals surface area contributed by atoms with Crippen LogP contribution in [0.4, 0.5) is 5.69 Å². The minimum Gasteiger partial charge on any atom is -0.454 e. The number of anilines is 1. The highest BCUT2D eigenvalue weighted by Gasteiger charge is 2.34. The Morgan fingerprint density at radius 1 is 1.12 bits per heavy atom. The lowest BCUT2D eigenvalue weighted by Crippen LogP contribution is -2.27. The van der Waals surface area contributed by atoms with Crippen LogP contribution < -0.4 is 14.4 Å². The van der Waals surface area contributed by atoms with Crippen LogP contribution in [-0.2, 0) is 4.79 Å². The first-order valence-electron chi connectivity index (χ1n) is 7.05. The van der Waals surface area contributed by atoms with Gasteiger partial charge in [0.25, 0.3) is 5.91 Å². The van der Waals surface area contributed by atoms with Crippen molar-refractivity contribution in [2.75, 3.05) is 11.7 Å². The summed E-state index contributed by atoms with van der Waals surface area (Å²) in [4.78, 5) is 14.8. The van der Waals surface area contributed by atoms with Gasteiger partial charge in [-0.2, -0.15) is 0 Å². The number of carbonyl (C=O) groups is 1. The highest BCUT2D eigenvalue weighted by Crippen LogP contribution is 2.40. The van der Waals surface area contributed by atoms with Crippen molar-refractivity contribution in [3.05, 3.63) is 58.0 Å². The number of ether oxygens (including phenoxy) is 2. The predicted molar refractivity (Wildman–Crippen MR) is 99.7 cm³/mol. The fourth-order valence-corrected chi connectivity index (χ4v) is 3.85. The van der Waals surface area contributed by atoms with Crippen molar-refractivity contribution in [3.63, 3.8) is 0 Å². The molecule has 120 valence electrons. The summed E-state index contributed by atoms with van der Waals surface area (Å²) >= 11 is 12.5. The second-order valence-electron chi connectivity index (χ2n) is 5.11. The molecule has 2 aromatic rings. The van der Waals surface area contributed by atoms with E-state index in [4.69, 9.17) is 33.3 Å². The molecule has 7 heteroatoms. The van der Waals surface area contributed by atoms with Gasteiger partial charge >= 0.3 is 0 Å². The molecule has 0 atom stereocenters. The largest absolute Gasteiger partial charge is 0.454 e. The van der Waals surface area contributed by atoms with E-state index in [2.05, 4.69) is 0 Å². The van der Waals surface area contributed by atoms with Crippen molar-refractivity contribution in [1.82, 2.24) is 0 Å². The van der Waals surface area contributed by atoms with Crippen molar-refractivity contribution >= 4 is 57.6 Å². The Morgan fingerprint density at radius 2 is 1.88 bits per heavy atom. The molecule has 1 saturated heterocycles. The molecule has 0 saturated carbocycles. The van der Waals surface area contributed by atoms with E-state index in [1.165, 1.54) is 16.7 Å². The molecule has 2 aromatic carbocycles. The quantitative estimate of drug-likeness (QED) is 0.571. The second-order valence-corrected chi connectivity index (χ2v) is 7.22. The van der Waals surface area contributed by atoms with Gasteiger partial charge in [0.1, 0.15) is 0 Å². The van der Waals surface area contributed by atoms with Gasteiger partial charge in [-0.3, -0.25) is 9.69 Å². The van der Waals surface area contributed by atoms with Crippen molar-refractivity contribution < 1.29 is 14.3 Å². The summed E-state index contributed by atoms with van der Waals surface area (Å²) in [5, 5.41) is 0.653. The smallest absolute Gasteiger partial charge is 0.270 e. The number of hydrogen-bond acceptors (Lipinski definition) is 5. The second kappa shape index (κ2) is 6.12. The number of thioether (sulfide) groups is 1. The standard InChI is InChI=1S/C17H10ClNO3S2/c18-11-3-1-10(2-4-11)7-15-16(20)19(17(23)24-15)12-5-6-13-14(8-12)22-9-21-13/h1-8H,9H2. The molecule has 1 amide bonds. The number of nitrogens with zero attached hydrogens (tertiary/aromatic N) is 1. The monoisotopic (exact) mass is 375 g/mol. The van der Waals surface area contributed by atoms with Crippen LogP contribution in [0.2, 0.25) is 5.02 Å². The average Bonchev–Trinajstić information content (AvgIpc) is 3.14. The summed E-state index contributed by atoms with van der Waals surface area (Å²) in [5.74, 6) is 1.13. The van der Waals surface area contributed by atoms with Crippen molar-refractivity contribution in [2.45, 2.75) is 0 Å². The van der Waals surface area contributed by atoms with Crippen molar-refractivity contribution in [1.29, 1.82) is 0 Å². The fraction of sp³-hybridized carbons (Fsp3) is 0.0588. The number of halogens is 1. The van der Waals surface area contributed by atoms with E-state index >= 15 is 0 Å². The first-order chi connectivity index (χ1) is 11.6. The van der Waals surface area contributed by atoms with Crippen LogP contribution in [0.5, 0.6) is 11.5 Å². The maximum Gasteiger partial charge on any atom is 0.270 e. The molecule has 0 N–H and O–H groups in total. The van der Waals surface area contributed by atoms with Crippen LogP contribution in [0.3, 0.4) is 0 Å². The first-order valence-corrected chi connectivity index (χ1v) is 8.65. The van der Waals surface area contributed by atoms with Crippen molar-refractivity contribution in [3.8, 4) is 11.5 Å². The van der Waals surface area contributed by atoms with Gasteiger partial charge in [0.05, 0.1) is 10.6 Å². The number of carbonyl (C=O) groups excluding carboxylic acids is 1. The predicted octanol–water partition coefficient (Wildman–Crippen LogP) is 4.47. The topological polar surface area (TPSA) is 38.8 Å². The Hall–Kier alpha value is -2.02. The van der Waals surface area contributed by atoms with Gasteiger partial charge in [-0.15, -0.1) is 0 Å². The molecular weight excluding hydrogens is 366 g/mol. The van der Waals surface area contributed by atoms with E-state index in [1.807, 2.05) is 18.2 Å². The Labute approximate surface area is 153 Å². The number of thiocarbonyl (C=S) groups is 1. The van der Waals surface area contributed by atoms with Gasteiger partial charge < -0.3 is 9.47 Å². The summed E-state index contributed by atoms with van der Waals surface area (Å²) < 4.78 is 11.1. The van der Waals surface area contributed by atoms with E-state index in [0.29, 0.717) is 31.4 Å². The molecule has 2 aliphatic heterocycles. The lowest BCUT2D eigenvalue weighted by Gasteiger charge is -2.14. The zero-order chi connectivity index (χ0) is 16.7. The van der Waals surface area contributed by atoms with Crippen LogP contribution in [0.15, 0.2) is 47.4 Å². The molecular formula is C17H10ClNO3S2. The lowest BCUT2D eigenvalue weighted by molar-refractivity contribution is -0.113. The molecule has 4 nitrogen and oxygen atoms in total. The minimum atomic E-state index is -0.154. The molecule has 2 aliphatic rings. The van der Waals surface area contributed by atoms with Crippen molar-refractivity contribution in [2.24, 2.45) is 0 Å². The zero-order valence-corrected chi connectivity index (χ0v) is 14.6.